The van der Waals surface area contributed by atoms with Crippen molar-refractivity contribution >= 4 is 0 Å². The third-order valence-corrected chi connectivity index (χ3v) is 2.47. The van der Waals surface area contributed by atoms with Crippen molar-refractivity contribution in [1.82, 2.24) is 9.78 Å². The third-order valence-electron chi connectivity index (χ3n) is 2.47. The molecule has 16 heavy (non-hydrogen) atoms. The Morgan fingerprint density at radius 2 is 1.94 bits per heavy atom. The van der Waals surface area contributed by atoms with Crippen LogP contribution in [-0.2, 0) is 19.4 Å². The standard InChI is InChI=1S/C11H17F3N2/c1-3-9-8-10(4-2)16(15-9)7-5-6-11(12,13)14/h8H,3-7H2,1-2H3. The Balaban J connectivity index is 2.55. The monoisotopic (exact) mass is 234 g/mol. The topological polar surface area (TPSA) is 17.8 Å². The van der Waals surface area contributed by atoms with E-state index < -0.39 is 12.6 Å². The SMILES string of the molecule is CCc1cc(CC)n(CCCC(F)(F)F)n1. The lowest BCUT2D eigenvalue weighted by atomic mass is 10.2. The second-order valence-electron chi connectivity index (χ2n) is 3.78. The fraction of sp³-hybridized carbons (Fsp3) is 0.727. The molecule has 0 aliphatic carbocycles. The van der Waals surface area contributed by atoms with E-state index in [2.05, 4.69) is 5.10 Å². The van der Waals surface area contributed by atoms with Crippen molar-refractivity contribution in [2.75, 3.05) is 0 Å². The Morgan fingerprint density at radius 3 is 2.44 bits per heavy atom. The molecule has 0 saturated carbocycles. The predicted molar refractivity (Wildman–Crippen MR) is 56.3 cm³/mol. The molecular weight excluding hydrogens is 217 g/mol. The lowest BCUT2D eigenvalue weighted by Crippen LogP contribution is -2.11. The van der Waals surface area contributed by atoms with E-state index >= 15 is 0 Å². The second-order valence-corrected chi connectivity index (χ2v) is 3.78. The summed E-state index contributed by atoms with van der Waals surface area (Å²) in [5.41, 5.74) is 1.96. The Kier molecular flexibility index (Phi) is 4.38. The lowest BCUT2D eigenvalue weighted by molar-refractivity contribution is -0.136. The second kappa shape index (κ2) is 5.37. The molecule has 0 amide bonds. The van der Waals surface area contributed by atoms with Crippen LogP contribution in [0.1, 0.15) is 38.1 Å². The van der Waals surface area contributed by atoms with Crippen molar-refractivity contribution in [2.24, 2.45) is 0 Å². The number of hydrogen-bond donors (Lipinski definition) is 0. The van der Waals surface area contributed by atoms with Gasteiger partial charge in [0.05, 0.1) is 5.69 Å². The molecule has 0 fully saturated rings. The van der Waals surface area contributed by atoms with E-state index in [9.17, 15) is 13.2 Å². The molecule has 0 bridgehead atoms. The number of nitrogens with zero attached hydrogens (tertiary/aromatic N) is 2. The van der Waals surface area contributed by atoms with Gasteiger partial charge in [0, 0.05) is 18.7 Å². The fourth-order valence-corrected chi connectivity index (χ4v) is 1.60. The first-order valence-corrected chi connectivity index (χ1v) is 5.58. The summed E-state index contributed by atoms with van der Waals surface area (Å²) >= 11 is 0. The van der Waals surface area contributed by atoms with Crippen LogP contribution in [0.25, 0.3) is 0 Å². The van der Waals surface area contributed by atoms with Gasteiger partial charge in [-0.05, 0) is 25.3 Å². The van der Waals surface area contributed by atoms with E-state index in [1.807, 2.05) is 19.9 Å². The molecule has 0 aliphatic heterocycles. The van der Waals surface area contributed by atoms with Gasteiger partial charge in [-0.15, -0.1) is 0 Å². The highest BCUT2D eigenvalue weighted by Crippen LogP contribution is 2.21. The van der Waals surface area contributed by atoms with Crippen molar-refractivity contribution in [2.45, 2.75) is 52.3 Å². The van der Waals surface area contributed by atoms with Crippen LogP contribution in [0.5, 0.6) is 0 Å². The molecule has 0 aromatic carbocycles. The van der Waals surface area contributed by atoms with Gasteiger partial charge in [-0.1, -0.05) is 13.8 Å². The number of hydrogen-bond acceptors (Lipinski definition) is 1. The van der Waals surface area contributed by atoms with E-state index in [4.69, 9.17) is 0 Å². The van der Waals surface area contributed by atoms with Gasteiger partial charge >= 0.3 is 6.18 Å². The maximum Gasteiger partial charge on any atom is 0.389 e. The maximum absolute atomic E-state index is 12.0. The summed E-state index contributed by atoms with van der Waals surface area (Å²) < 4.78 is 37.6. The molecule has 0 spiro atoms. The summed E-state index contributed by atoms with van der Waals surface area (Å²) in [4.78, 5) is 0. The minimum atomic E-state index is -4.06. The van der Waals surface area contributed by atoms with Gasteiger partial charge in [0.2, 0.25) is 0 Å². The van der Waals surface area contributed by atoms with Gasteiger partial charge in [-0.25, -0.2) is 0 Å². The zero-order valence-electron chi connectivity index (χ0n) is 9.64. The largest absolute Gasteiger partial charge is 0.389 e. The molecule has 0 aliphatic rings. The van der Waals surface area contributed by atoms with Crippen LogP contribution in [0, 0.1) is 0 Å². The van der Waals surface area contributed by atoms with Crippen molar-refractivity contribution in [3.05, 3.63) is 17.5 Å². The van der Waals surface area contributed by atoms with Crippen molar-refractivity contribution in [1.29, 1.82) is 0 Å². The Hall–Kier alpha value is -1.00. The fourth-order valence-electron chi connectivity index (χ4n) is 1.60. The molecule has 1 aromatic rings. The summed E-state index contributed by atoms with van der Waals surface area (Å²) in [5, 5.41) is 4.27. The summed E-state index contributed by atoms with van der Waals surface area (Å²) in [7, 11) is 0. The predicted octanol–water partition coefficient (Wildman–Crippen LogP) is 3.35. The molecule has 0 atom stereocenters. The first kappa shape index (κ1) is 13.1. The van der Waals surface area contributed by atoms with Crippen LogP contribution in [0.2, 0.25) is 0 Å². The first-order chi connectivity index (χ1) is 7.46. The maximum atomic E-state index is 12.0. The summed E-state index contributed by atoms with van der Waals surface area (Å²) in [6.45, 7) is 4.32. The van der Waals surface area contributed by atoms with Crippen LogP contribution in [-0.4, -0.2) is 16.0 Å². The van der Waals surface area contributed by atoms with Crippen molar-refractivity contribution in [3.8, 4) is 0 Å². The zero-order chi connectivity index (χ0) is 12.2. The van der Waals surface area contributed by atoms with Crippen LogP contribution in [0.15, 0.2) is 6.07 Å². The molecular formula is C11H17F3N2. The normalized spacial score (nSPS) is 12.1. The number of halogens is 3. The highest BCUT2D eigenvalue weighted by atomic mass is 19.4. The van der Waals surface area contributed by atoms with Crippen LogP contribution in [0.4, 0.5) is 13.2 Å². The molecule has 5 heteroatoms. The third kappa shape index (κ3) is 3.87. The van der Waals surface area contributed by atoms with E-state index in [1.165, 1.54) is 0 Å². The molecule has 0 unspecified atom stereocenters. The average Bonchev–Trinajstić information content (AvgIpc) is 2.58. The average molecular weight is 234 g/mol. The molecule has 1 aromatic heterocycles. The molecule has 0 saturated heterocycles. The van der Waals surface area contributed by atoms with E-state index in [0.29, 0.717) is 6.54 Å². The van der Waals surface area contributed by atoms with E-state index in [0.717, 1.165) is 24.2 Å². The van der Waals surface area contributed by atoms with Crippen LogP contribution < -0.4 is 0 Å². The number of rotatable bonds is 5. The first-order valence-electron chi connectivity index (χ1n) is 5.58. The van der Waals surface area contributed by atoms with Crippen LogP contribution >= 0.6 is 0 Å². The van der Waals surface area contributed by atoms with E-state index in [-0.39, 0.29) is 6.42 Å². The Labute approximate surface area is 93.5 Å². The Bertz CT molecular complexity index is 328. The minimum absolute atomic E-state index is 0.0985. The lowest BCUT2D eigenvalue weighted by Gasteiger charge is -2.08. The zero-order valence-corrected chi connectivity index (χ0v) is 9.64. The summed E-state index contributed by atoms with van der Waals surface area (Å²) in [6, 6.07) is 1.97. The number of aromatic nitrogens is 2. The molecule has 2 nitrogen and oxygen atoms in total. The summed E-state index contributed by atoms with van der Waals surface area (Å²) in [5.74, 6) is 0. The molecule has 1 rings (SSSR count). The van der Waals surface area contributed by atoms with Gasteiger partial charge in [0.25, 0.3) is 0 Å². The quantitative estimate of drug-likeness (QED) is 0.764. The van der Waals surface area contributed by atoms with Gasteiger partial charge in [-0.2, -0.15) is 18.3 Å². The molecule has 1 heterocycles. The number of aryl methyl sites for hydroxylation is 3. The van der Waals surface area contributed by atoms with Gasteiger partial charge in [0.1, 0.15) is 0 Å². The molecule has 0 radical (unpaired) electrons. The minimum Gasteiger partial charge on any atom is -0.269 e. The number of alkyl halides is 3. The van der Waals surface area contributed by atoms with Crippen molar-refractivity contribution < 1.29 is 13.2 Å². The Morgan fingerprint density at radius 1 is 1.25 bits per heavy atom. The summed E-state index contributed by atoms with van der Waals surface area (Å²) in [6.07, 6.45) is -3.08. The smallest absolute Gasteiger partial charge is 0.269 e. The highest BCUT2D eigenvalue weighted by Gasteiger charge is 2.26. The van der Waals surface area contributed by atoms with Crippen molar-refractivity contribution in [3.63, 3.8) is 0 Å². The van der Waals surface area contributed by atoms with Gasteiger partial charge < -0.3 is 0 Å². The van der Waals surface area contributed by atoms with Crippen LogP contribution in [0.3, 0.4) is 0 Å². The van der Waals surface area contributed by atoms with Gasteiger partial charge in [0.15, 0.2) is 0 Å². The molecule has 92 valence electrons. The van der Waals surface area contributed by atoms with Gasteiger partial charge in [-0.3, -0.25) is 4.68 Å². The molecule has 0 N–H and O–H groups in total. The van der Waals surface area contributed by atoms with E-state index in [1.54, 1.807) is 4.68 Å². The highest BCUT2D eigenvalue weighted by molar-refractivity contribution is 5.10.